The highest BCUT2D eigenvalue weighted by molar-refractivity contribution is 5.74. The molecule has 1 unspecified atom stereocenters. The topological polar surface area (TPSA) is 55.8 Å². The van der Waals surface area contributed by atoms with Crippen LogP contribution in [0.5, 0.6) is 0 Å². The number of hydrogen-bond donors (Lipinski definition) is 1. The Bertz CT molecular complexity index is 196. The number of rotatable bonds is 4. The molecule has 1 rings (SSSR count). The lowest BCUT2D eigenvalue weighted by Crippen LogP contribution is -2.39. The van der Waals surface area contributed by atoms with Crippen molar-refractivity contribution in [3.05, 3.63) is 0 Å². The average Bonchev–Trinajstić information content (AvgIpc) is 2.19. The highest BCUT2D eigenvalue weighted by atomic mass is 16.5. The van der Waals surface area contributed by atoms with E-state index < -0.39 is 11.4 Å². The van der Waals surface area contributed by atoms with E-state index in [0.717, 1.165) is 0 Å². The van der Waals surface area contributed by atoms with Gasteiger partial charge in [-0.3, -0.25) is 4.79 Å². The Labute approximate surface area is 84.2 Å². The zero-order chi connectivity index (χ0) is 10.6. The number of hydrogen-bond acceptors (Lipinski definition) is 3. The minimum Gasteiger partial charge on any atom is -0.481 e. The van der Waals surface area contributed by atoms with Gasteiger partial charge in [0.1, 0.15) is 0 Å². The van der Waals surface area contributed by atoms with Gasteiger partial charge in [0.2, 0.25) is 0 Å². The molecule has 0 bridgehead atoms. The van der Waals surface area contributed by atoms with Gasteiger partial charge in [0.25, 0.3) is 0 Å². The van der Waals surface area contributed by atoms with E-state index in [1.165, 1.54) is 0 Å². The van der Waals surface area contributed by atoms with Crippen molar-refractivity contribution in [1.29, 1.82) is 0 Å². The van der Waals surface area contributed by atoms with Crippen LogP contribution in [0.1, 0.15) is 26.2 Å². The molecule has 82 valence electrons. The summed E-state index contributed by atoms with van der Waals surface area (Å²) < 4.78 is 10.3. The lowest BCUT2D eigenvalue weighted by Gasteiger charge is -2.34. The number of carboxylic acid groups (broad SMARTS) is 1. The molecule has 0 aromatic carbocycles. The minimum atomic E-state index is -0.718. The fraction of sp³-hybridized carbons (Fsp3) is 0.900. The normalized spacial score (nSPS) is 23.0. The fourth-order valence-electron chi connectivity index (χ4n) is 1.90. The van der Waals surface area contributed by atoms with Crippen molar-refractivity contribution in [2.45, 2.75) is 32.3 Å². The Morgan fingerprint density at radius 1 is 1.57 bits per heavy atom. The maximum absolute atomic E-state index is 11.2. The first-order valence-electron chi connectivity index (χ1n) is 4.95. The molecule has 0 saturated carbocycles. The molecule has 1 aliphatic rings. The molecular formula is C10H18O4. The lowest BCUT2D eigenvalue weighted by molar-refractivity contribution is -0.157. The highest BCUT2D eigenvalue weighted by Crippen LogP contribution is 2.36. The first-order chi connectivity index (χ1) is 6.60. The molecule has 1 atom stereocenters. The fourth-order valence-corrected chi connectivity index (χ4v) is 1.90. The minimum absolute atomic E-state index is 0.0100. The van der Waals surface area contributed by atoms with Gasteiger partial charge < -0.3 is 14.6 Å². The van der Waals surface area contributed by atoms with Gasteiger partial charge >= 0.3 is 5.97 Å². The van der Waals surface area contributed by atoms with E-state index in [-0.39, 0.29) is 6.10 Å². The second-order valence-corrected chi connectivity index (χ2v) is 3.95. The number of aliphatic carboxylic acids is 1. The third-order valence-corrected chi connectivity index (χ3v) is 2.98. The van der Waals surface area contributed by atoms with Crippen LogP contribution in [0.4, 0.5) is 0 Å². The van der Waals surface area contributed by atoms with Crippen LogP contribution in [0.25, 0.3) is 0 Å². The third-order valence-electron chi connectivity index (χ3n) is 2.98. The first kappa shape index (κ1) is 11.5. The molecule has 0 radical (unpaired) electrons. The maximum Gasteiger partial charge on any atom is 0.309 e. The van der Waals surface area contributed by atoms with Gasteiger partial charge in [-0.25, -0.2) is 0 Å². The zero-order valence-electron chi connectivity index (χ0n) is 8.78. The van der Waals surface area contributed by atoms with Gasteiger partial charge in [-0.1, -0.05) is 0 Å². The molecule has 1 fully saturated rings. The van der Waals surface area contributed by atoms with Crippen molar-refractivity contribution < 1.29 is 19.4 Å². The van der Waals surface area contributed by atoms with Crippen LogP contribution in [-0.2, 0) is 14.3 Å². The van der Waals surface area contributed by atoms with Gasteiger partial charge in [0.15, 0.2) is 0 Å². The molecule has 1 aliphatic heterocycles. The summed E-state index contributed by atoms with van der Waals surface area (Å²) in [5, 5.41) is 9.22. The molecule has 1 N–H and O–H groups in total. The summed E-state index contributed by atoms with van der Waals surface area (Å²) in [5.74, 6) is -0.718. The van der Waals surface area contributed by atoms with Crippen molar-refractivity contribution >= 4 is 5.97 Å². The summed E-state index contributed by atoms with van der Waals surface area (Å²) >= 11 is 0. The summed E-state index contributed by atoms with van der Waals surface area (Å²) in [4.78, 5) is 11.2. The molecule has 4 nitrogen and oxygen atoms in total. The van der Waals surface area contributed by atoms with Crippen LogP contribution >= 0.6 is 0 Å². The van der Waals surface area contributed by atoms with Crippen LogP contribution in [-0.4, -0.2) is 37.5 Å². The van der Waals surface area contributed by atoms with E-state index in [4.69, 9.17) is 9.47 Å². The quantitative estimate of drug-likeness (QED) is 0.746. The lowest BCUT2D eigenvalue weighted by atomic mass is 9.76. The summed E-state index contributed by atoms with van der Waals surface area (Å²) in [5.41, 5.74) is -0.631. The molecule has 4 heteroatoms. The molecule has 0 aromatic rings. The van der Waals surface area contributed by atoms with E-state index >= 15 is 0 Å². The zero-order valence-corrected chi connectivity index (χ0v) is 8.78. The molecule has 0 aromatic heterocycles. The molecule has 0 spiro atoms. The van der Waals surface area contributed by atoms with Crippen molar-refractivity contribution in [2.24, 2.45) is 5.41 Å². The number of ether oxygens (including phenoxy) is 2. The second-order valence-electron chi connectivity index (χ2n) is 3.95. The maximum atomic E-state index is 11.2. The Kier molecular flexibility index (Phi) is 3.89. The predicted molar refractivity (Wildman–Crippen MR) is 51.2 cm³/mol. The van der Waals surface area contributed by atoms with Crippen LogP contribution in [0.2, 0.25) is 0 Å². The van der Waals surface area contributed by atoms with E-state index in [9.17, 15) is 9.90 Å². The molecule has 14 heavy (non-hydrogen) atoms. The second kappa shape index (κ2) is 4.75. The van der Waals surface area contributed by atoms with Crippen molar-refractivity contribution in [3.8, 4) is 0 Å². The first-order valence-corrected chi connectivity index (χ1v) is 4.95. The van der Waals surface area contributed by atoms with Crippen LogP contribution in [0, 0.1) is 5.41 Å². The number of methoxy groups -OCH3 is 1. The summed E-state index contributed by atoms with van der Waals surface area (Å²) in [6.07, 6.45) is 1.75. The Morgan fingerprint density at radius 2 is 2.14 bits per heavy atom. The molecular weight excluding hydrogens is 184 g/mol. The molecule has 1 heterocycles. The largest absolute Gasteiger partial charge is 0.481 e. The van der Waals surface area contributed by atoms with Gasteiger partial charge in [-0.15, -0.1) is 0 Å². The van der Waals surface area contributed by atoms with E-state index in [1.54, 1.807) is 7.11 Å². The van der Waals surface area contributed by atoms with Crippen LogP contribution < -0.4 is 0 Å². The Morgan fingerprint density at radius 3 is 2.57 bits per heavy atom. The SMILES string of the molecule is COC(C)CC1(C(=O)O)CCOCC1. The smallest absolute Gasteiger partial charge is 0.309 e. The van der Waals surface area contributed by atoms with Crippen molar-refractivity contribution in [3.63, 3.8) is 0 Å². The Hall–Kier alpha value is -0.610. The van der Waals surface area contributed by atoms with Crippen molar-refractivity contribution in [1.82, 2.24) is 0 Å². The average molecular weight is 202 g/mol. The molecule has 1 saturated heterocycles. The monoisotopic (exact) mass is 202 g/mol. The number of carboxylic acids is 1. The highest BCUT2D eigenvalue weighted by Gasteiger charge is 2.41. The summed E-state index contributed by atoms with van der Waals surface area (Å²) in [6, 6.07) is 0. The van der Waals surface area contributed by atoms with E-state index in [0.29, 0.717) is 32.5 Å². The van der Waals surface area contributed by atoms with E-state index in [1.807, 2.05) is 6.92 Å². The summed E-state index contributed by atoms with van der Waals surface area (Å²) in [7, 11) is 1.61. The molecule has 0 aliphatic carbocycles. The molecule has 0 amide bonds. The van der Waals surface area contributed by atoms with Crippen LogP contribution in [0.15, 0.2) is 0 Å². The number of carbonyl (C=O) groups is 1. The van der Waals surface area contributed by atoms with Gasteiger partial charge in [-0.05, 0) is 26.2 Å². The van der Waals surface area contributed by atoms with Gasteiger partial charge in [0.05, 0.1) is 11.5 Å². The standard InChI is InChI=1S/C10H18O4/c1-8(13-2)7-10(9(11)12)3-5-14-6-4-10/h8H,3-7H2,1-2H3,(H,11,12). The van der Waals surface area contributed by atoms with Gasteiger partial charge in [0, 0.05) is 20.3 Å². The van der Waals surface area contributed by atoms with Crippen molar-refractivity contribution in [2.75, 3.05) is 20.3 Å². The van der Waals surface area contributed by atoms with Gasteiger partial charge in [-0.2, -0.15) is 0 Å². The van der Waals surface area contributed by atoms with E-state index in [2.05, 4.69) is 0 Å². The van der Waals surface area contributed by atoms with Crippen LogP contribution in [0.3, 0.4) is 0 Å². The predicted octanol–water partition coefficient (Wildman–Crippen LogP) is 1.29. The third kappa shape index (κ3) is 2.45. The Balaban J connectivity index is 2.65. The summed E-state index contributed by atoms with van der Waals surface area (Å²) in [6.45, 7) is 2.99.